The molecule has 1 aliphatic rings. The van der Waals surface area contributed by atoms with E-state index in [-0.39, 0.29) is 5.54 Å². The van der Waals surface area contributed by atoms with Crippen LogP contribution in [0.5, 0.6) is 0 Å². The second kappa shape index (κ2) is 11.5. The minimum Gasteiger partial charge on any atom is -0.378 e. The van der Waals surface area contributed by atoms with E-state index < -0.39 is 0 Å². The number of hydrogen-bond acceptors (Lipinski definition) is 2. The van der Waals surface area contributed by atoms with Crippen LogP contribution in [0.2, 0.25) is 0 Å². The summed E-state index contributed by atoms with van der Waals surface area (Å²) in [7, 11) is 0. The fraction of sp³-hybridized carbons (Fsp3) is 1.00. The number of rotatable bonds is 12. The molecule has 0 aliphatic carbocycles. The van der Waals surface area contributed by atoms with Gasteiger partial charge in [-0.15, -0.1) is 0 Å². The fourth-order valence-corrected chi connectivity index (χ4v) is 3.27. The molecule has 0 unspecified atom stereocenters. The Morgan fingerprint density at radius 1 is 0.810 bits per heavy atom. The Kier molecular flexibility index (Phi) is 10.4. The molecule has 0 bridgehead atoms. The molecule has 0 aromatic carbocycles. The predicted molar refractivity (Wildman–Crippen MR) is 92.9 cm³/mol. The van der Waals surface area contributed by atoms with E-state index in [1.807, 2.05) is 0 Å². The highest BCUT2D eigenvalue weighted by atomic mass is 16.5. The van der Waals surface area contributed by atoms with Crippen LogP contribution >= 0.6 is 0 Å². The summed E-state index contributed by atoms with van der Waals surface area (Å²) in [5, 5.41) is 0. The normalized spacial score (nSPS) is 19.0. The molecule has 0 aromatic heterocycles. The summed E-state index contributed by atoms with van der Waals surface area (Å²) in [5.41, 5.74) is 0.247. The molecular formula is C19H39NO. The van der Waals surface area contributed by atoms with Crippen LogP contribution in [0.3, 0.4) is 0 Å². The zero-order chi connectivity index (χ0) is 15.4. The molecule has 0 saturated carbocycles. The Labute approximate surface area is 133 Å². The number of nitrogens with zero attached hydrogens (tertiary/aromatic N) is 1. The van der Waals surface area contributed by atoms with Gasteiger partial charge in [0.1, 0.15) is 0 Å². The van der Waals surface area contributed by atoms with Crippen LogP contribution in [0.15, 0.2) is 0 Å². The summed E-state index contributed by atoms with van der Waals surface area (Å²) in [5.74, 6) is 0. The minimum absolute atomic E-state index is 0.247. The quantitative estimate of drug-likeness (QED) is 0.447. The van der Waals surface area contributed by atoms with Crippen molar-refractivity contribution in [2.24, 2.45) is 0 Å². The van der Waals surface area contributed by atoms with E-state index in [1.165, 1.54) is 77.2 Å². The molecule has 126 valence electrons. The summed E-state index contributed by atoms with van der Waals surface area (Å²) in [4.78, 5) is 2.62. The first-order chi connectivity index (χ1) is 10.2. The van der Waals surface area contributed by atoms with E-state index in [9.17, 15) is 0 Å². The molecule has 0 spiro atoms. The van der Waals surface area contributed by atoms with Gasteiger partial charge in [0.25, 0.3) is 0 Å². The molecule has 21 heavy (non-hydrogen) atoms. The molecule has 0 radical (unpaired) electrons. The average molecular weight is 298 g/mol. The molecule has 0 atom stereocenters. The summed E-state index contributed by atoms with van der Waals surface area (Å²) >= 11 is 0. The lowest BCUT2D eigenvalue weighted by molar-refractivity contribution is -0.0513. The van der Waals surface area contributed by atoms with Crippen molar-refractivity contribution in [1.82, 2.24) is 4.90 Å². The van der Waals surface area contributed by atoms with Crippen molar-refractivity contribution in [3.8, 4) is 0 Å². The van der Waals surface area contributed by atoms with Gasteiger partial charge in [-0.1, -0.05) is 71.1 Å². The van der Waals surface area contributed by atoms with Gasteiger partial charge in [0, 0.05) is 12.1 Å². The third-order valence-corrected chi connectivity index (χ3v) is 4.85. The third kappa shape index (κ3) is 8.83. The Hall–Kier alpha value is -0.0800. The lowest BCUT2D eigenvalue weighted by Gasteiger charge is -2.42. The second-order valence-corrected chi connectivity index (χ2v) is 7.39. The van der Waals surface area contributed by atoms with Gasteiger partial charge in [-0.2, -0.15) is 0 Å². The molecule has 1 aliphatic heterocycles. The maximum absolute atomic E-state index is 5.58. The molecule has 0 amide bonds. The fourth-order valence-electron chi connectivity index (χ4n) is 3.27. The Balaban J connectivity index is 1.86. The lowest BCUT2D eigenvalue weighted by atomic mass is 10.0. The predicted octanol–water partition coefficient (Wildman–Crippen LogP) is 5.41. The van der Waals surface area contributed by atoms with Gasteiger partial charge < -0.3 is 4.74 Å². The molecule has 1 fully saturated rings. The van der Waals surface area contributed by atoms with E-state index in [4.69, 9.17) is 4.74 Å². The van der Waals surface area contributed by atoms with Gasteiger partial charge in [0.2, 0.25) is 0 Å². The van der Waals surface area contributed by atoms with Gasteiger partial charge in [-0.25, -0.2) is 0 Å². The van der Waals surface area contributed by atoms with Crippen LogP contribution in [0.1, 0.15) is 91.4 Å². The van der Waals surface area contributed by atoms with Crippen molar-refractivity contribution in [2.45, 2.75) is 96.9 Å². The Bertz CT molecular complexity index is 240. The highest BCUT2D eigenvalue weighted by molar-refractivity contribution is 4.84. The maximum Gasteiger partial charge on any atom is 0.0645 e. The first-order valence-corrected chi connectivity index (χ1v) is 9.49. The van der Waals surface area contributed by atoms with Crippen molar-refractivity contribution in [3.63, 3.8) is 0 Å². The first-order valence-electron chi connectivity index (χ1n) is 9.49. The number of hydrogen-bond donors (Lipinski definition) is 0. The minimum atomic E-state index is 0.247. The summed E-state index contributed by atoms with van der Waals surface area (Å²) in [6.45, 7) is 11.1. The van der Waals surface area contributed by atoms with Crippen molar-refractivity contribution in [1.29, 1.82) is 0 Å². The van der Waals surface area contributed by atoms with E-state index in [0.29, 0.717) is 0 Å². The Morgan fingerprint density at radius 2 is 1.33 bits per heavy atom. The first kappa shape index (κ1) is 19.0. The number of unbranched alkanes of at least 4 members (excludes halogenated alkanes) is 10. The van der Waals surface area contributed by atoms with Gasteiger partial charge in [-0.3, -0.25) is 4.90 Å². The summed E-state index contributed by atoms with van der Waals surface area (Å²) in [6, 6.07) is 0. The van der Waals surface area contributed by atoms with Crippen molar-refractivity contribution in [3.05, 3.63) is 0 Å². The maximum atomic E-state index is 5.58. The van der Waals surface area contributed by atoms with Crippen molar-refractivity contribution < 1.29 is 4.74 Å². The zero-order valence-electron chi connectivity index (χ0n) is 15.0. The zero-order valence-corrected chi connectivity index (χ0v) is 15.0. The monoisotopic (exact) mass is 297 g/mol. The van der Waals surface area contributed by atoms with Crippen LogP contribution in [0, 0.1) is 0 Å². The van der Waals surface area contributed by atoms with Crippen LogP contribution in [-0.4, -0.2) is 36.7 Å². The summed E-state index contributed by atoms with van der Waals surface area (Å²) < 4.78 is 5.58. The standard InChI is InChI=1S/C19H39NO/c1-4-5-6-7-8-9-10-11-12-13-14-15-20-16-17-21-18-19(20,2)3/h4-18H2,1-3H3. The molecule has 2 nitrogen and oxygen atoms in total. The molecule has 2 heteroatoms. The Morgan fingerprint density at radius 3 is 1.86 bits per heavy atom. The van der Waals surface area contributed by atoms with Gasteiger partial charge >= 0.3 is 0 Å². The smallest absolute Gasteiger partial charge is 0.0645 e. The summed E-state index contributed by atoms with van der Waals surface area (Å²) in [6.07, 6.45) is 15.7. The molecule has 1 heterocycles. The highest BCUT2D eigenvalue weighted by Crippen LogP contribution is 2.20. The van der Waals surface area contributed by atoms with Crippen LogP contribution in [0.4, 0.5) is 0 Å². The van der Waals surface area contributed by atoms with E-state index in [1.54, 1.807) is 0 Å². The average Bonchev–Trinajstić information content (AvgIpc) is 2.46. The molecule has 0 N–H and O–H groups in total. The topological polar surface area (TPSA) is 12.5 Å². The van der Waals surface area contributed by atoms with Gasteiger partial charge in [0.15, 0.2) is 0 Å². The largest absolute Gasteiger partial charge is 0.378 e. The molecule has 0 aromatic rings. The molecule has 1 rings (SSSR count). The van der Waals surface area contributed by atoms with Gasteiger partial charge in [0.05, 0.1) is 13.2 Å². The second-order valence-electron chi connectivity index (χ2n) is 7.39. The van der Waals surface area contributed by atoms with Crippen LogP contribution < -0.4 is 0 Å². The highest BCUT2D eigenvalue weighted by Gasteiger charge is 2.29. The van der Waals surface area contributed by atoms with E-state index in [0.717, 1.165) is 19.8 Å². The van der Waals surface area contributed by atoms with Crippen molar-refractivity contribution in [2.75, 3.05) is 26.3 Å². The SMILES string of the molecule is CCCCCCCCCCCCCN1CCOCC1(C)C. The van der Waals surface area contributed by atoms with Crippen LogP contribution in [-0.2, 0) is 4.74 Å². The molecule has 1 saturated heterocycles. The molecular weight excluding hydrogens is 258 g/mol. The number of ether oxygens (including phenoxy) is 1. The third-order valence-electron chi connectivity index (χ3n) is 4.85. The number of morpholine rings is 1. The van der Waals surface area contributed by atoms with Crippen molar-refractivity contribution >= 4 is 0 Å². The lowest BCUT2D eigenvalue weighted by Crippen LogP contribution is -2.53. The van der Waals surface area contributed by atoms with E-state index >= 15 is 0 Å². The van der Waals surface area contributed by atoms with E-state index in [2.05, 4.69) is 25.7 Å². The van der Waals surface area contributed by atoms with Gasteiger partial charge in [-0.05, 0) is 26.8 Å². The van der Waals surface area contributed by atoms with Crippen LogP contribution in [0.25, 0.3) is 0 Å².